The third-order valence-corrected chi connectivity index (χ3v) is 3.24. The maximum absolute atomic E-state index is 12.3. The lowest BCUT2D eigenvalue weighted by Crippen LogP contribution is -2.24. The van der Waals surface area contributed by atoms with E-state index in [1.807, 2.05) is 6.92 Å². The highest BCUT2D eigenvalue weighted by atomic mass is 16.6. The number of hydrogen-bond acceptors (Lipinski definition) is 5. The molecule has 2 aromatic rings. The minimum Gasteiger partial charge on any atom is -0.494 e. The first-order chi connectivity index (χ1) is 10.9. The second-order valence-corrected chi connectivity index (χ2v) is 5.03. The smallest absolute Gasteiger partial charge is 0.296 e. The largest absolute Gasteiger partial charge is 0.494 e. The van der Waals surface area contributed by atoms with Crippen molar-refractivity contribution in [2.24, 2.45) is 0 Å². The van der Waals surface area contributed by atoms with Gasteiger partial charge in [0, 0.05) is 6.20 Å². The van der Waals surface area contributed by atoms with Crippen molar-refractivity contribution in [3.05, 3.63) is 46.3 Å². The summed E-state index contributed by atoms with van der Waals surface area (Å²) < 4.78 is 6.75. The molecule has 8 nitrogen and oxygen atoms in total. The zero-order valence-corrected chi connectivity index (χ0v) is 13.1. The molecule has 0 bridgehead atoms. The lowest BCUT2D eigenvalue weighted by Gasteiger charge is -2.13. The van der Waals surface area contributed by atoms with E-state index in [4.69, 9.17) is 4.74 Å². The molecule has 1 atom stereocenters. The summed E-state index contributed by atoms with van der Waals surface area (Å²) >= 11 is 0. The number of nitro groups is 1. The molecule has 0 saturated heterocycles. The lowest BCUT2D eigenvalue weighted by atomic mass is 10.2. The number of carbonyl (C=O) groups is 1. The van der Waals surface area contributed by atoms with E-state index in [0.717, 1.165) is 5.56 Å². The van der Waals surface area contributed by atoms with Crippen LogP contribution in [0.15, 0.2) is 30.6 Å². The van der Waals surface area contributed by atoms with Crippen LogP contribution in [0.25, 0.3) is 0 Å². The van der Waals surface area contributed by atoms with Crippen LogP contribution >= 0.6 is 0 Å². The molecule has 0 aliphatic rings. The van der Waals surface area contributed by atoms with Gasteiger partial charge in [0.2, 0.25) is 5.91 Å². The average Bonchev–Trinajstić information content (AvgIpc) is 2.94. The van der Waals surface area contributed by atoms with Gasteiger partial charge < -0.3 is 10.1 Å². The van der Waals surface area contributed by atoms with Crippen LogP contribution in [-0.2, 0) is 4.79 Å². The first-order valence-corrected chi connectivity index (χ1v) is 7.15. The molecule has 0 saturated carbocycles. The molecule has 0 spiro atoms. The topological polar surface area (TPSA) is 99.3 Å². The molecule has 1 N–H and O–H groups in total. The van der Waals surface area contributed by atoms with E-state index in [1.165, 1.54) is 16.8 Å². The van der Waals surface area contributed by atoms with Crippen molar-refractivity contribution in [1.82, 2.24) is 9.78 Å². The first-order valence-electron chi connectivity index (χ1n) is 7.15. The number of nitrogens with one attached hydrogen (secondary N) is 1. The highest BCUT2D eigenvalue weighted by molar-refractivity contribution is 5.95. The predicted molar refractivity (Wildman–Crippen MR) is 84.6 cm³/mol. The van der Waals surface area contributed by atoms with Crippen LogP contribution in [0.3, 0.4) is 0 Å². The van der Waals surface area contributed by atoms with Crippen molar-refractivity contribution in [3.63, 3.8) is 0 Å². The number of aryl methyl sites for hydroxylation is 1. The molecule has 2 rings (SSSR count). The molecule has 122 valence electrons. The average molecular weight is 318 g/mol. The molecule has 1 heterocycles. The zero-order valence-electron chi connectivity index (χ0n) is 13.1. The van der Waals surface area contributed by atoms with Gasteiger partial charge in [-0.2, -0.15) is 5.10 Å². The quantitative estimate of drug-likeness (QED) is 0.652. The van der Waals surface area contributed by atoms with Gasteiger partial charge in [-0.25, -0.2) is 0 Å². The summed E-state index contributed by atoms with van der Waals surface area (Å²) in [5, 5.41) is 17.8. The Morgan fingerprint density at radius 2 is 2.26 bits per heavy atom. The Morgan fingerprint density at radius 3 is 2.83 bits per heavy atom. The van der Waals surface area contributed by atoms with Crippen molar-refractivity contribution in [2.45, 2.75) is 26.8 Å². The molecule has 0 aliphatic heterocycles. The van der Waals surface area contributed by atoms with Crippen LogP contribution < -0.4 is 10.1 Å². The second-order valence-electron chi connectivity index (χ2n) is 5.03. The van der Waals surface area contributed by atoms with Gasteiger partial charge in [0.15, 0.2) is 0 Å². The normalized spacial score (nSPS) is 11.8. The molecular formula is C15H18N4O4. The SMILES string of the molecule is CCOc1ccc(NC(=O)C(C)n2cc(C)cn2)c([N+](=O)[O-])c1. The Bertz CT molecular complexity index is 726. The number of nitro benzene ring substituents is 1. The molecular weight excluding hydrogens is 300 g/mol. The second kappa shape index (κ2) is 6.91. The zero-order chi connectivity index (χ0) is 17.0. The van der Waals surface area contributed by atoms with Crippen LogP contribution in [0.2, 0.25) is 0 Å². The van der Waals surface area contributed by atoms with E-state index < -0.39 is 11.0 Å². The minimum absolute atomic E-state index is 0.124. The molecule has 0 fully saturated rings. The van der Waals surface area contributed by atoms with Gasteiger partial charge in [-0.3, -0.25) is 19.6 Å². The van der Waals surface area contributed by atoms with Crippen LogP contribution in [0.5, 0.6) is 5.75 Å². The number of benzene rings is 1. The van der Waals surface area contributed by atoms with E-state index in [9.17, 15) is 14.9 Å². The fourth-order valence-electron chi connectivity index (χ4n) is 2.03. The van der Waals surface area contributed by atoms with Gasteiger partial charge in [-0.15, -0.1) is 0 Å². The van der Waals surface area contributed by atoms with Crippen LogP contribution in [0, 0.1) is 17.0 Å². The summed E-state index contributed by atoms with van der Waals surface area (Å²) in [4.78, 5) is 22.9. The summed E-state index contributed by atoms with van der Waals surface area (Å²) in [7, 11) is 0. The number of carbonyl (C=O) groups excluding carboxylic acids is 1. The lowest BCUT2D eigenvalue weighted by molar-refractivity contribution is -0.384. The van der Waals surface area contributed by atoms with Crippen molar-refractivity contribution in [2.75, 3.05) is 11.9 Å². The minimum atomic E-state index is -0.588. The van der Waals surface area contributed by atoms with E-state index in [-0.39, 0.29) is 17.3 Å². The number of hydrogen-bond donors (Lipinski definition) is 1. The monoisotopic (exact) mass is 318 g/mol. The van der Waals surface area contributed by atoms with Crippen molar-refractivity contribution in [1.29, 1.82) is 0 Å². The standard InChI is InChI=1S/C15H18N4O4/c1-4-23-12-5-6-13(14(7-12)19(21)22)17-15(20)11(3)18-9-10(2)8-16-18/h5-9,11H,4H2,1-3H3,(H,17,20). The Kier molecular flexibility index (Phi) is 4.95. The number of rotatable bonds is 6. The first kappa shape index (κ1) is 16.5. The highest BCUT2D eigenvalue weighted by Crippen LogP contribution is 2.29. The van der Waals surface area contributed by atoms with Crippen LogP contribution in [-0.4, -0.2) is 27.2 Å². The number of amides is 1. The molecule has 0 aliphatic carbocycles. The molecule has 1 aromatic heterocycles. The van der Waals surface area contributed by atoms with E-state index in [2.05, 4.69) is 10.4 Å². The number of aromatic nitrogens is 2. The molecule has 1 unspecified atom stereocenters. The maximum Gasteiger partial charge on any atom is 0.296 e. The fourth-order valence-corrected chi connectivity index (χ4v) is 2.03. The Labute approximate surface area is 133 Å². The summed E-state index contributed by atoms with van der Waals surface area (Å²) in [5.41, 5.74) is 0.837. The summed E-state index contributed by atoms with van der Waals surface area (Å²) in [5.74, 6) is -0.00620. The molecule has 1 aromatic carbocycles. The maximum atomic E-state index is 12.3. The molecule has 8 heteroatoms. The van der Waals surface area contributed by atoms with Crippen molar-refractivity contribution < 1.29 is 14.5 Å². The van der Waals surface area contributed by atoms with Gasteiger partial charge in [-0.05, 0) is 38.5 Å². The third kappa shape index (κ3) is 3.85. The summed E-state index contributed by atoms with van der Waals surface area (Å²) in [6.07, 6.45) is 3.37. The van der Waals surface area contributed by atoms with Crippen molar-refractivity contribution >= 4 is 17.3 Å². The summed E-state index contributed by atoms with van der Waals surface area (Å²) in [6, 6.07) is 3.74. The molecule has 1 amide bonds. The number of ether oxygens (including phenoxy) is 1. The Balaban J connectivity index is 2.21. The molecule has 0 radical (unpaired) electrons. The summed E-state index contributed by atoms with van der Waals surface area (Å²) in [6.45, 7) is 5.72. The third-order valence-electron chi connectivity index (χ3n) is 3.24. The van der Waals surface area contributed by atoms with Crippen LogP contribution in [0.4, 0.5) is 11.4 Å². The van der Waals surface area contributed by atoms with Crippen LogP contribution in [0.1, 0.15) is 25.5 Å². The Hall–Kier alpha value is -2.90. The van der Waals surface area contributed by atoms with Gasteiger partial charge in [0.1, 0.15) is 17.5 Å². The van der Waals surface area contributed by atoms with Gasteiger partial charge in [0.25, 0.3) is 5.69 Å². The molecule has 23 heavy (non-hydrogen) atoms. The number of nitrogens with zero attached hydrogens (tertiary/aromatic N) is 3. The van der Waals surface area contributed by atoms with Gasteiger partial charge in [-0.1, -0.05) is 0 Å². The van der Waals surface area contributed by atoms with Crippen molar-refractivity contribution in [3.8, 4) is 5.75 Å². The van der Waals surface area contributed by atoms with E-state index in [0.29, 0.717) is 12.4 Å². The van der Waals surface area contributed by atoms with Gasteiger partial charge >= 0.3 is 0 Å². The fraction of sp³-hybridized carbons (Fsp3) is 0.333. The van der Waals surface area contributed by atoms with E-state index in [1.54, 1.807) is 32.3 Å². The van der Waals surface area contributed by atoms with Gasteiger partial charge in [0.05, 0.1) is 23.8 Å². The predicted octanol–water partition coefficient (Wildman–Crippen LogP) is 2.70. The van der Waals surface area contributed by atoms with E-state index >= 15 is 0 Å². The number of anilines is 1. The Morgan fingerprint density at radius 1 is 1.52 bits per heavy atom. The highest BCUT2D eigenvalue weighted by Gasteiger charge is 2.21.